The summed E-state index contributed by atoms with van der Waals surface area (Å²) < 4.78 is 24.4. The summed E-state index contributed by atoms with van der Waals surface area (Å²) in [4.78, 5) is 13.8. The van der Waals surface area contributed by atoms with E-state index in [4.69, 9.17) is 5.73 Å². The van der Waals surface area contributed by atoms with Crippen LogP contribution in [0.25, 0.3) is 0 Å². The molecule has 0 aromatic carbocycles. The molecule has 70 valence electrons. The molecule has 0 aliphatic heterocycles. The monoisotopic (exact) mass is 250 g/mol. The van der Waals surface area contributed by atoms with Gasteiger partial charge >= 0.3 is 0 Å². The largest absolute Gasteiger partial charge is 0.396 e. The lowest BCUT2D eigenvalue weighted by Crippen LogP contribution is -2.00. The van der Waals surface area contributed by atoms with Crippen LogP contribution >= 0.6 is 15.9 Å². The number of aromatic nitrogens is 1. The Bertz CT molecular complexity index is 344. The summed E-state index contributed by atoms with van der Waals surface area (Å²) in [5.41, 5.74) is 4.99. The van der Waals surface area contributed by atoms with Gasteiger partial charge in [0.2, 0.25) is 0 Å². The van der Waals surface area contributed by atoms with Crippen LogP contribution in [-0.2, 0) is 0 Å². The van der Waals surface area contributed by atoms with Crippen LogP contribution in [0, 0.1) is 0 Å². The van der Waals surface area contributed by atoms with Crippen LogP contribution in [0.3, 0.4) is 0 Å². The summed E-state index contributed by atoms with van der Waals surface area (Å²) in [5.74, 6) is 0. The highest BCUT2D eigenvalue weighted by Gasteiger charge is 2.13. The zero-order valence-electron chi connectivity index (χ0n) is 6.30. The summed E-state index contributed by atoms with van der Waals surface area (Å²) in [5, 5.41) is 0. The van der Waals surface area contributed by atoms with E-state index in [0.717, 1.165) is 6.07 Å². The molecule has 13 heavy (non-hydrogen) atoms. The number of hydrogen-bond acceptors (Lipinski definition) is 3. The molecular weight excluding hydrogens is 246 g/mol. The Labute approximate surface area is 81.1 Å². The molecule has 1 rings (SSSR count). The molecule has 1 heterocycles. The summed E-state index contributed by atoms with van der Waals surface area (Å²) in [6.07, 6.45) is -2.30. The Morgan fingerprint density at radius 3 is 2.69 bits per heavy atom. The van der Waals surface area contributed by atoms with Crippen LogP contribution < -0.4 is 5.73 Å². The van der Waals surface area contributed by atoms with Gasteiger partial charge in [0.1, 0.15) is 10.3 Å². The van der Waals surface area contributed by atoms with Crippen molar-refractivity contribution in [2.75, 3.05) is 5.73 Å². The minimum Gasteiger partial charge on any atom is -0.396 e. The Morgan fingerprint density at radius 2 is 2.23 bits per heavy atom. The lowest BCUT2D eigenvalue weighted by molar-refractivity contribution is 0.112. The smallest absolute Gasteiger partial charge is 0.280 e. The SMILES string of the molecule is Nc1c(C=O)cc(C(F)F)nc1Br. The summed E-state index contributed by atoms with van der Waals surface area (Å²) in [6, 6.07) is 0.970. The number of nitrogens with two attached hydrogens (primary N) is 1. The fraction of sp³-hybridized carbons (Fsp3) is 0.143. The molecule has 0 saturated carbocycles. The van der Waals surface area contributed by atoms with Gasteiger partial charge < -0.3 is 5.73 Å². The summed E-state index contributed by atoms with van der Waals surface area (Å²) in [7, 11) is 0. The lowest BCUT2D eigenvalue weighted by atomic mass is 10.2. The highest BCUT2D eigenvalue weighted by Crippen LogP contribution is 2.25. The Morgan fingerprint density at radius 1 is 1.62 bits per heavy atom. The van der Waals surface area contributed by atoms with Crippen LogP contribution in [0.2, 0.25) is 0 Å². The highest BCUT2D eigenvalue weighted by atomic mass is 79.9. The van der Waals surface area contributed by atoms with Crippen LogP contribution in [-0.4, -0.2) is 11.3 Å². The van der Waals surface area contributed by atoms with Gasteiger partial charge in [0.25, 0.3) is 6.43 Å². The zero-order valence-corrected chi connectivity index (χ0v) is 7.88. The van der Waals surface area contributed by atoms with Crippen molar-refractivity contribution in [3.05, 3.63) is 21.9 Å². The average molecular weight is 251 g/mol. The molecule has 0 saturated heterocycles. The van der Waals surface area contributed by atoms with Gasteiger partial charge in [-0.2, -0.15) is 0 Å². The molecule has 3 nitrogen and oxygen atoms in total. The number of anilines is 1. The molecule has 0 radical (unpaired) electrons. The van der Waals surface area contributed by atoms with E-state index in [1.165, 1.54) is 0 Å². The van der Waals surface area contributed by atoms with Crippen molar-refractivity contribution < 1.29 is 13.6 Å². The number of pyridine rings is 1. The number of carbonyl (C=O) groups is 1. The van der Waals surface area contributed by atoms with Crippen molar-refractivity contribution in [2.45, 2.75) is 6.43 Å². The molecule has 0 unspecified atom stereocenters. The topological polar surface area (TPSA) is 56.0 Å². The maximum atomic E-state index is 12.2. The van der Waals surface area contributed by atoms with Crippen molar-refractivity contribution in [1.29, 1.82) is 0 Å². The number of nitrogens with zero attached hydrogens (tertiary/aromatic N) is 1. The third-order valence-electron chi connectivity index (χ3n) is 1.41. The second kappa shape index (κ2) is 3.78. The Kier molecular flexibility index (Phi) is 2.92. The number of halogens is 3. The molecule has 0 aliphatic rings. The standard InChI is InChI=1S/C7H5BrF2N2O/c8-6-5(11)3(2-13)1-4(12-6)7(9)10/h1-2,7H,11H2. The number of aldehydes is 1. The molecular formula is C7H5BrF2N2O. The van der Waals surface area contributed by atoms with E-state index >= 15 is 0 Å². The van der Waals surface area contributed by atoms with Gasteiger partial charge in [-0.15, -0.1) is 0 Å². The molecule has 0 amide bonds. The first-order valence-corrected chi connectivity index (χ1v) is 4.04. The lowest BCUT2D eigenvalue weighted by Gasteiger charge is -2.04. The molecule has 0 spiro atoms. The van der Waals surface area contributed by atoms with Gasteiger partial charge in [-0.3, -0.25) is 4.79 Å². The van der Waals surface area contributed by atoms with Gasteiger partial charge in [-0.1, -0.05) is 0 Å². The molecule has 0 fully saturated rings. The fourth-order valence-corrected chi connectivity index (χ4v) is 1.20. The van der Waals surface area contributed by atoms with E-state index in [9.17, 15) is 13.6 Å². The predicted molar refractivity (Wildman–Crippen MR) is 46.7 cm³/mol. The van der Waals surface area contributed by atoms with Crippen molar-refractivity contribution in [3.8, 4) is 0 Å². The Balaban J connectivity index is 3.30. The van der Waals surface area contributed by atoms with E-state index in [1.54, 1.807) is 0 Å². The average Bonchev–Trinajstić information content (AvgIpc) is 2.09. The van der Waals surface area contributed by atoms with E-state index in [1.807, 2.05) is 0 Å². The normalized spacial score (nSPS) is 10.5. The van der Waals surface area contributed by atoms with Crippen LogP contribution in [0.15, 0.2) is 10.7 Å². The third kappa shape index (κ3) is 2.00. The first kappa shape index (κ1) is 10.0. The highest BCUT2D eigenvalue weighted by molar-refractivity contribution is 9.10. The maximum Gasteiger partial charge on any atom is 0.280 e. The van der Waals surface area contributed by atoms with E-state index in [2.05, 4.69) is 20.9 Å². The molecule has 6 heteroatoms. The van der Waals surface area contributed by atoms with Gasteiger partial charge in [0, 0.05) is 5.56 Å². The van der Waals surface area contributed by atoms with Gasteiger partial charge in [-0.05, 0) is 22.0 Å². The van der Waals surface area contributed by atoms with Gasteiger partial charge in [0.15, 0.2) is 6.29 Å². The number of nitrogen functional groups attached to an aromatic ring is 1. The van der Waals surface area contributed by atoms with Gasteiger partial charge in [-0.25, -0.2) is 13.8 Å². The molecule has 0 atom stereocenters. The predicted octanol–water partition coefficient (Wildman–Crippen LogP) is 2.18. The second-order valence-electron chi connectivity index (χ2n) is 2.26. The van der Waals surface area contributed by atoms with Crippen LogP contribution in [0.5, 0.6) is 0 Å². The minimum atomic E-state index is -2.71. The van der Waals surface area contributed by atoms with Crippen molar-refractivity contribution in [1.82, 2.24) is 4.98 Å². The molecule has 0 bridgehead atoms. The van der Waals surface area contributed by atoms with Crippen molar-refractivity contribution >= 4 is 27.9 Å². The van der Waals surface area contributed by atoms with Crippen LogP contribution in [0.4, 0.5) is 14.5 Å². The first-order valence-electron chi connectivity index (χ1n) is 3.25. The number of rotatable bonds is 2. The maximum absolute atomic E-state index is 12.2. The van der Waals surface area contributed by atoms with Gasteiger partial charge in [0.05, 0.1) is 5.69 Å². The molecule has 1 aromatic heterocycles. The number of alkyl halides is 2. The Hall–Kier alpha value is -1.04. The summed E-state index contributed by atoms with van der Waals surface area (Å²) >= 11 is 2.88. The fourth-order valence-electron chi connectivity index (χ4n) is 0.771. The summed E-state index contributed by atoms with van der Waals surface area (Å²) in [6.45, 7) is 0. The number of hydrogen-bond donors (Lipinski definition) is 1. The first-order chi connectivity index (χ1) is 6.06. The van der Waals surface area contributed by atoms with E-state index in [-0.39, 0.29) is 15.9 Å². The van der Waals surface area contributed by atoms with Crippen molar-refractivity contribution in [3.63, 3.8) is 0 Å². The zero-order chi connectivity index (χ0) is 10.0. The molecule has 1 aromatic rings. The number of carbonyl (C=O) groups excluding carboxylic acids is 1. The van der Waals surface area contributed by atoms with E-state index in [0.29, 0.717) is 6.29 Å². The van der Waals surface area contributed by atoms with E-state index < -0.39 is 12.1 Å². The minimum absolute atomic E-state index is 0.0113. The molecule has 2 N–H and O–H groups in total. The molecule has 0 aliphatic carbocycles. The van der Waals surface area contributed by atoms with Crippen molar-refractivity contribution in [2.24, 2.45) is 0 Å². The third-order valence-corrected chi connectivity index (χ3v) is 2.02. The quantitative estimate of drug-likeness (QED) is 0.647. The van der Waals surface area contributed by atoms with Crippen LogP contribution in [0.1, 0.15) is 22.5 Å². The second-order valence-corrected chi connectivity index (χ2v) is 3.01.